The molecule has 27 heavy (non-hydrogen) atoms. The second kappa shape index (κ2) is 8.04. The van der Waals surface area contributed by atoms with E-state index >= 15 is 0 Å². The Labute approximate surface area is 164 Å². The largest absolute Gasteiger partial charge is 0.490 e. The van der Waals surface area contributed by atoms with Crippen LogP contribution in [0.4, 0.5) is 4.39 Å². The highest BCUT2D eigenvalue weighted by atomic mass is 35.5. The van der Waals surface area contributed by atoms with Crippen molar-refractivity contribution < 1.29 is 22.3 Å². The Kier molecular flexibility index (Phi) is 5.93. The van der Waals surface area contributed by atoms with Gasteiger partial charge in [0, 0.05) is 0 Å². The second-order valence-electron chi connectivity index (χ2n) is 6.69. The number of nitrogens with one attached hydrogen (secondary N) is 1. The van der Waals surface area contributed by atoms with E-state index in [4.69, 9.17) is 9.47 Å². The molecule has 146 valence electrons. The molecule has 0 radical (unpaired) electrons. The summed E-state index contributed by atoms with van der Waals surface area (Å²) in [5, 5.41) is 3.30. The van der Waals surface area contributed by atoms with Crippen molar-refractivity contribution in [2.24, 2.45) is 5.92 Å². The molecule has 0 bridgehead atoms. The predicted molar refractivity (Wildman–Crippen MR) is 103 cm³/mol. The van der Waals surface area contributed by atoms with E-state index in [1.165, 1.54) is 12.1 Å². The highest BCUT2D eigenvalue weighted by Crippen LogP contribution is 2.36. The van der Waals surface area contributed by atoms with E-state index in [1.807, 2.05) is 0 Å². The Bertz CT molecular complexity index is 929. The third-order valence-corrected chi connectivity index (χ3v) is 6.28. The van der Waals surface area contributed by atoms with Crippen LogP contribution >= 0.6 is 12.4 Å². The Morgan fingerprint density at radius 1 is 1.11 bits per heavy atom. The Hall–Kier alpha value is -1.83. The summed E-state index contributed by atoms with van der Waals surface area (Å²) in [6, 6.07) is 9.59. The summed E-state index contributed by atoms with van der Waals surface area (Å²) >= 11 is 0. The first kappa shape index (κ1) is 19.9. The van der Waals surface area contributed by atoms with Gasteiger partial charge in [-0.15, -0.1) is 12.4 Å². The first-order valence-corrected chi connectivity index (χ1v) is 10.3. The van der Waals surface area contributed by atoms with Crippen molar-refractivity contribution in [3.63, 3.8) is 0 Å². The zero-order valence-corrected chi connectivity index (χ0v) is 16.2. The molecule has 2 heterocycles. The minimum absolute atomic E-state index is 0. The van der Waals surface area contributed by atoms with Crippen LogP contribution in [0.5, 0.6) is 11.5 Å². The molecular formula is C19H21ClFNO4S. The van der Waals surface area contributed by atoms with E-state index in [2.05, 4.69) is 5.32 Å². The molecular weight excluding hydrogens is 393 g/mol. The molecule has 8 heteroatoms. The molecule has 0 atom stereocenters. The molecule has 0 unspecified atom stereocenters. The number of hydrogen-bond donors (Lipinski definition) is 1. The SMILES string of the molecule is Cl.O=S1(=O)COc2cc(-c3ccc(OCC4CCNCC4)c(F)c3)ccc21. The van der Waals surface area contributed by atoms with Crippen molar-refractivity contribution in [3.05, 3.63) is 42.2 Å². The predicted octanol–water partition coefficient (Wildman–Crippen LogP) is 3.42. The number of rotatable bonds is 4. The Morgan fingerprint density at radius 2 is 1.81 bits per heavy atom. The number of sulfone groups is 1. The number of fused-ring (bicyclic) bond motifs is 1. The van der Waals surface area contributed by atoms with Gasteiger partial charge in [-0.25, -0.2) is 12.8 Å². The minimum Gasteiger partial charge on any atom is -0.490 e. The molecule has 2 aromatic rings. The first-order valence-electron chi connectivity index (χ1n) is 8.66. The lowest BCUT2D eigenvalue weighted by Crippen LogP contribution is -2.30. The van der Waals surface area contributed by atoms with Gasteiger partial charge in [0.25, 0.3) is 0 Å². The van der Waals surface area contributed by atoms with Gasteiger partial charge in [0.05, 0.1) is 6.61 Å². The van der Waals surface area contributed by atoms with Crippen molar-refractivity contribution in [3.8, 4) is 22.6 Å². The summed E-state index contributed by atoms with van der Waals surface area (Å²) < 4.78 is 48.9. The molecule has 0 aromatic heterocycles. The van der Waals surface area contributed by atoms with E-state index in [0.29, 0.717) is 29.4 Å². The summed E-state index contributed by atoms with van der Waals surface area (Å²) in [5.41, 5.74) is 1.34. The lowest BCUT2D eigenvalue weighted by atomic mass is 9.99. The summed E-state index contributed by atoms with van der Waals surface area (Å²) in [6.07, 6.45) is 2.08. The van der Waals surface area contributed by atoms with Crippen LogP contribution in [0.2, 0.25) is 0 Å². The molecule has 2 aromatic carbocycles. The van der Waals surface area contributed by atoms with E-state index in [-0.39, 0.29) is 29.0 Å². The van der Waals surface area contributed by atoms with Crippen LogP contribution in [0.25, 0.3) is 11.1 Å². The summed E-state index contributed by atoms with van der Waals surface area (Å²) in [7, 11) is -3.36. The summed E-state index contributed by atoms with van der Waals surface area (Å²) in [6.45, 7) is 2.47. The lowest BCUT2D eigenvalue weighted by Gasteiger charge is -2.22. The van der Waals surface area contributed by atoms with Crippen LogP contribution in [0, 0.1) is 11.7 Å². The Balaban J connectivity index is 0.00000210. The van der Waals surface area contributed by atoms with Crippen LogP contribution in [0.15, 0.2) is 41.3 Å². The molecule has 2 aliphatic heterocycles. The van der Waals surface area contributed by atoms with Crippen molar-refractivity contribution in [1.82, 2.24) is 5.32 Å². The maximum Gasteiger partial charge on any atom is 0.216 e. The smallest absolute Gasteiger partial charge is 0.216 e. The molecule has 1 fully saturated rings. The number of hydrogen-bond acceptors (Lipinski definition) is 5. The molecule has 5 nitrogen and oxygen atoms in total. The number of piperidine rings is 1. The van der Waals surface area contributed by atoms with Crippen molar-refractivity contribution in [2.45, 2.75) is 17.7 Å². The topological polar surface area (TPSA) is 64.6 Å². The van der Waals surface area contributed by atoms with Gasteiger partial charge in [0.15, 0.2) is 17.5 Å². The highest BCUT2D eigenvalue weighted by Gasteiger charge is 2.28. The van der Waals surface area contributed by atoms with Gasteiger partial charge < -0.3 is 14.8 Å². The summed E-state index contributed by atoms with van der Waals surface area (Å²) in [5.74, 6) is 0.238. The maximum atomic E-state index is 14.4. The number of halogens is 2. The molecule has 2 aliphatic rings. The number of benzene rings is 2. The molecule has 0 spiro atoms. The van der Waals surface area contributed by atoms with Gasteiger partial charge in [0.2, 0.25) is 9.84 Å². The van der Waals surface area contributed by atoms with E-state index in [9.17, 15) is 12.8 Å². The minimum atomic E-state index is -3.36. The zero-order valence-electron chi connectivity index (χ0n) is 14.6. The van der Waals surface area contributed by atoms with Gasteiger partial charge in [0.1, 0.15) is 10.6 Å². The average Bonchev–Trinajstić information content (AvgIpc) is 2.96. The van der Waals surface area contributed by atoms with Gasteiger partial charge in [-0.2, -0.15) is 0 Å². The van der Waals surface area contributed by atoms with Crippen LogP contribution < -0.4 is 14.8 Å². The highest BCUT2D eigenvalue weighted by molar-refractivity contribution is 7.91. The molecule has 0 amide bonds. The third kappa shape index (κ3) is 4.20. The molecule has 0 saturated carbocycles. The van der Waals surface area contributed by atoms with Gasteiger partial charge in [-0.05, 0) is 67.2 Å². The van der Waals surface area contributed by atoms with Crippen LogP contribution in [0.3, 0.4) is 0 Å². The van der Waals surface area contributed by atoms with Gasteiger partial charge in [-0.1, -0.05) is 12.1 Å². The number of ether oxygens (including phenoxy) is 2. The Morgan fingerprint density at radius 3 is 2.56 bits per heavy atom. The third-order valence-electron chi connectivity index (χ3n) is 4.85. The van der Waals surface area contributed by atoms with E-state index in [0.717, 1.165) is 25.9 Å². The molecule has 0 aliphatic carbocycles. The standard InChI is InChI=1S/C19H20FNO4S.ClH/c20-16-9-14(1-3-17(16)24-11-13-5-7-21-8-6-13)15-2-4-19-18(10-15)25-12-26(19,22)23;/h1-4,9-10,13,21H,5-8,11-12H2;1H. The fraction of sp³-hybridized carbons (Fsp3) is 0.368. The van der Waals surface area contributed by atoms with E-state index in [1.54, 1.807) is 24.3 Å². The monoisotopic (exact) mass is 413 g/mol. The molecule has 1 saturated heterocycles. The van der Waals surface area contributed by atoms with Crippen LogP contribution in [0.1, 0.15) is 12.8 Å². The lowest BCUT2D eigenvalue weighted by molar-refractivity contribution is 0.208. The van der Waals surface area contributed by atoms with Crippen molar-refractivity contribution in [2.75, 3.05) is 25.6 Å². The van der Waals surface area contributed by atoms with Crippen LogP contribution in [-0.4, -0.2) is 34.1 Å². The van der Waals surface area contributed by atoms with Gasteiger partial charge >= 0.3 is 0 Å². The average molecular weight is 414 g/mol. The molecule has 4 rings (SSSR count). The van der Waals surface area contributed by atoms with Crippen molar-refractivity contribution in [1.29, 1.82) is 0 Å². The fourth-order valence-corrected chi connectivity index (χ4v) is 4.42. The van der Waals surface area contributed by atoms with Crippen LogP contribution in [-0.2, 0) is 9.84 Å². The summed E-state index contributed by atoms with van der Waals surface area (Å²) in [4.78, 5) is 0.184. The first-order chi connectivity index (χ1) is 12.5. The van der Waals surface area contributed by atoms with E-state index < -0.39 is 15.7 Å². The zero-order chi connectivity index (χ0) is 18.1. The maximum absolute atomic E-state index is 14.4. The normalized spacial score (nSPS) is 18.3. The van der Waals surface area contributed by atoms with Crippen molar-refractivity contribution >= 4 is 22.2 Å². The molecule has 1 N–H and O–H groups in total. The van der Waals surface area contributed by atoms with Gasteiger partial charge in [-0.3, -0.25) is 0 Å². The second-order valence-corrected chi connectivity index (χ2v) is 8.59. The fourth-order valence-electron chi connectivity index (χ4n) is 3.32. The quantitative estimate of drug-likeness (QED) is 0.832.